The molecule has 0 aliphatic carbocycles. The molecule has 1 N–H and O–H groups in total. The molecule has 5 nitrogen and oxygen atoms in total. The first-order chi connectivity index (χ1) is 9.93. The molecule has 0 bridgehead atoms. The molecular formula is C15H23FN2O3. The van der Waals surface area contributed by atoms with Gasteiger partial charge in [-0.05, 0) is 13.1 Å². The van der Waals surface area contributed by atoms with Gasteiger partial charge < -0.3 is 14.7 Å². The highest BCUT2D eigenvalue weighted by molar-refractivity contribution is 5.77. The van der Waals surface area contributed by atoms with Crippen LogP contribution in [0.15, 0.2) is 24.3 Å². The van der Waals surface area contributed by atoms with Crippen LogP contribution in [0.3, 0.4) is 0 Å². The molecular weight excluding hydrogens is 275 g/mol. The van der Waals surface area contributed by atoms with Crippen LogP contribution in [0.25, 0.3) is 0 Å². The van der Waals surface area contributed by atoms with E-state index in [0.717, 1.165) is 0 Å². The summed E-state index contributed by atoms with van der Waals surface area (Å²) in [6.07, 6.45) is -0.635. The maximum Gasteiger partial charge on any atom is 0.236 e. The van der Waals surface area contributed by atoms with Gasteiger partial charge in [-0.25, -0.2) is 4.39 Å². The average Bonchev–Trinajstić information content (AvgIpc) is 2.41. The number of nitrogens with zero attached hydrogens (tertiary/aromatic N) is 2. The van der Waals surface area contributed by atoms with Gasteiger partial charge >= 0.3 is 0 Å². The largest absolute Gasteiger partial charge is 0.389 e. The first-order valence-electron chi connectivity index (χ1n) is 6.77. The fraction of sp³-hybridized carbons (Fsp3) is 0.533. The van der Waals surface area contributed by atoms with Gasteiger partial charge in [-0.3, -0.25) is 9.69 Å². The zero-order valence-corrected chi connectivity index (χ0v) is 12.8. The van der Waals surface area contributed by atoms with Crippen molar-refractivity contribution in [3.63, 3.8) is 0 Å². The van der Waals surface area contributed by atoms with Crippen LogP contribution in [0.4, 0.5) is 4.39 Å². The first-order valence-corrected chi connectivity index (χ1v) is 6.77. The second-order valence-electron chi connectivity index (χ2n) is 5.15. The molecule has 6 heteroatoms. The minimum atomic E-state index is -0.635. The number of aliphatic hydroxyl groups is 1. The van der Waals surface area contributed by atoms with Crippen LogP contribution in [0.1, 0.15) is 5.56 Å². The number of rotatable bonds is 8. The SMILES string of the molecule is COCC(O)CN(C)CC(=O)N(C)Cc1ccccc1F. The predicted octanol–water partition coefficient (Wildman–Crippen LogP) is 0.723. The van der Waals surface area contributed by atoms with Gasteiger partial charge in [0, 0.05) is 32.8 Å². The number of ether oxygens (including phenoxy) is 1. The van der Waals surface area contributed by atoms with E-state index in [-0.39, 0.29) is 31.4 Å². The van der Waals surface area contributed by atoms with Crippen LogP contribution in [-0.4, -0.2) is 67.8 Å². The normalized spacial score (nSPS) is 12.5. The Morgan fingerprint density at radius 2 is 2.05 bits per heavy atom. The van der Waals surface area contributed by atoms with Crippen molar-refractivity contribution in [2.24, 2.45) is 0 Å². The highest BCUT2D eigenvalue weighted by Crippen LogP contribution is 2.09. The summed E-state index contributed by atoms with van der Waals surface area (Å²) < 4.78 is 18.4. The lowest BCUT2D eigenvalue weighted by Gasteiger charge is -2.23. The second-order valence-corrected chi connectivity index (χ2v) is 5.15. The molecule has 0 saturated heterocycles. The van der Waals surface area contributed by atoms with E-state index < -0.39 is 6.10 Å². The van der Waals surface area contributed by atoms with Crippen LogP contribution in [0.2, 0.25) is 0 Å². The summed E-state index contributed by atoms with van der Waals surface area (Å²) in [6.45, 7) is 0.947. The average molecular weight is 298 g/mol. The molecule has 0 spiro atoms. The number of aliphatic hydroxyl groups excluding tert-OH is 1. The Morgan fingerprint density at radius 1 is 1.38 bits per heavy atom. The lowest BCUT2D eigenvalue weighted by Crippen LogP contribution is -2.40. The Hall–Kier alpha value is -1.50. The Bertz CT molecular complexity index is 456. The van der Waals surface area contributed by atoms with Crippen LogP contribution >= 0.6 is 0 Å². The molecule has 1 atom stereocenters. The minimum Gasteiger partial charge on any atom is -0.389 e. The molecule has 1 amide bonds. The van der Waals surface area contributed by atoms with E-state index >= 15 is 0 Å². The first kappa shape index (κ1) is 17.6. The smallest absolute Gasteiger partial charge is 0.236 e. The molecule has 0 fully saturated rings. The topological polar surface area (TPSA) is 53.0 Å². The highest BCUT2D eigenvalue weighted by atomic mass is 19.1. The molecule has 0 aromatic heterocycles. The number of carbonyl (C=O) groups excluding carboxylic acids is 1. The zero-order valence-electron chi connectivity index (χ0n) is 12.8. The zero-order chi connectivity index (χ0) is 15.8. The van der Waals surface area contributed by atoms with E-state index in [9.17, 15) is 14.3 Å². The van der Waals surface area contributed by atoms with Crippen LogP contribution in [-0.2, 0) is 16.1 Å². The number of benzene rings is 1. The summed E-state index contributed by atoms with van der Waals surface area (Å²) in [7, 11) is 4.89. The molecule has 1 rings (SSSR count). The van der Waals surface area contributed by atoms with Crippen molar-refractivity contribution >= 4 is 5.91 Å². The van der Waals surface area contributed by atoms with Crippen molar-refractivity contribution in [1.29, 1.82) is 0 Å². The molecule has 0 saturated carbocycles. The van der Waals surface area contributed by atoms with E-state index in [2.05, 4.69) is 0 Å². The van der Waals surface area contributed by atoms with Gasteiger partial charge in [0.2, 0.25) is 5.91 Å². The molecule has 1 aromatic carbocycles. The Balaban J connectivity index is 2.46. The van der Waals surface area contributed by atoms with Gasteiger partial charge in [-0.15, -0.1) is 0 Å². The summed E-state index contributed by atoms with van der Waals surface area (Å²) in [5.41, 5.74) is 0.482. The third-order valence-corrected chi connectivity index (χ3v) is 3.08. The molecule has 0 aliphatic rings. The summed E-state index contributed by atoms with van der Waals surface area (Å²) in [5.74, 6) is -0.452. The van der Waals surface area contributed by atoms with Gasteiger partial charge in [0.25, 0.3) is 0 Å². The summed E-state index contributed by atoms with van der Waals surface area (Å²) in [6, 6.07) is 6.39. The lowest BCUT2D eigenvalue weighted by molar-refractivity contribution is -0.131. The van der Waals surface area contributed by atoms with E-state index in [0.29, 0.717) is 12.1 Å². The van der Waals surface area contributed by atoms with Gasteiger partial charge in [-0.2, -0.15) is 0 Å². The molecule has 1 aromatic rings. The molecule has 21 heavy (non-hydrogen) atoms. The molecule has 1 unspecified atom stereocenters. The number of methoxy groups -OCH3 is 1. The van der Waals surface area contributed by atoms with Crippen molar-refractivity contribution in [2.45, 2.75) is 12.6 Å². The van der Waals surface area contributed by atoms with Crippen molar-refractivity contribution in [2.75, 3.05) is 40.9 Å². The fourth-order valence-electron chi connectivity index (χ4n) is 1.99. The predicted molar refractivity (Wildman–Crippen MR) is 78.3 cm³/mol. The number of hydrogen-bond acceptors (Lipinski definition) is 4. The lowest BCUT2D eigenvalue weighted by atomic mass is 10.2. The van der Waals surface area contributed by atoms with Crippen molar-refractivity contribution in [3.8, 4) is 0 Å². The van der Waals surface area contributed by atoms with Gasteiger partial charge in [0.1, 0.15) is 5.82 Å². The van der Waals surface area contributed by atoms with Gasteiger partial charge in [0.05, 0.1) is 19.3 Å². The standard InChI is InChI=1S/C15H23FN2O3/c1-17(9-13(19)11-21-3)10-15(20)18(2)8-12-6-4-5-7-14(12)16/h4-7,13,19H,8-11H2,1-3H3. The Kier molecular flexibility index (Phi) is 7.28. The van der Waals surface area contributed by atoms with Crippen LogP contribution in [0, 0.1) is 5.82 Å². The van der Waals surface area contributed by atoms with Crippen molar-refractivity contribution in [1.82, 2.24) is 9.80 Å². The van der Waals surface area contributed by atoms with Crippen LogP contribution < -0.4 is 0 Å². The number of halogens is 1. The Labute approximate surface area is 124 Å². The minimum absolute atomic E-state index is 0.134. The van der Waals surface area contributed by atoms with E-state index in [4.69, 9.17) is 4.74 Å². The highest BCUT2D eigenvalue weighted by Gasteiger charge is 2.15. The molecule has 0 heterocycles. The summed E-state index contributed by atoms with van der Waals surface area (Å²) in [4.78, 5) is 15.2. The summed E-state index contributed by atoms with van der Waals surface area (Å²) >= 11 is 0. The fourth-order valence-corrected chi connectivity index (χ4v) is 1.99. The van der Waals surface area contributed by atoms with E-state index in [1.165, 1.54) is 18.1 Å². The third kappa shape index (κ3) is 6.20. The van der Waals surface area contributed by atoms with E-state index in [1.807, 2.05) is 0 Å². The molecule has 0 radical (unpaired) electrons. The monoisotopic (exact) mass is 298 g/mol. The maximum atomic E-state index is 13.5. The van der Waals surface area contributed by atoms with Crippen LogP contribution in [0.5, 0.6) is 0 Å². The van der Waals surface area contributed by atoms with Crippen molar-refractivity contribution in [3.05, 3.63) is 35.6 Å². The number of amides is 1. The maximum absolute atomic E-state index is 13.5. The third-order valence-electron chi connectivity index (χ3n) is 3.08. The second kappa shape index (κ2) is 8.71. The number of hydrogen-bond donors (Lipinski definition) is 1. The van der Waals surface area contributed by atoms with E-state index in [1.54, 1.807) is 37.2 Å². The van der Waals surface area contributed by atoms with Crippen molar-refractivity contribution < 1.29 is 19.0 Å². The van der Waals surface area contributed by atoms with Gasteiger partial charge in [-0.1, -0.05) is 18.2 Å². The number of likely N-dealkylation sites (N-methyl/N-ethyl adjacent to an activating group) is 2. The Morgan fingerprint density at radius 3 is 2.67 bits per heavy atom. The summed E-state index contributed by atoms with van der Waals surface area (Å²) in [5, 5.41) is 9.60. The number of carbonyl (C=O) groups is 1. The van der Waals surface area contributed by atoms with Gasteiger partial charge in [0.15, 0.2) is 0 Å². The molecule has 0 aliphatic heterocycles. The molecule has 118 valence electrons. The quantitative estimate of drug-likeness (QED) is 0.768.